The van der Waals surface area contributed by atoms with Crippen molar-refractivity contribution in [2.45, 2.75) is 0 Å². The third-order valence-corrected chi connectivity index (χ3v) is 2.21. The highest BCUT2D eigenvalue weighted by Gasteiger charge is 2.11. The molecule has 2 aliphatic carbocycles. The molecule has 0 fully saturated rings. The van der Waals surface area contributed by atoms with Gasteiger partial charge < -0.3 is 0 Å². The third-order valence-electron chi connectivity index (χ3n) is 2.00. The van der Waals surface area contributed by atoms with Crippen molar-refractivity contribution in [3.05, 3.63) is 48.0 Å². The monoisotopic (exact) mass is 190 g/mol. The molecule has 2 heteroatoms. The number of carbonyl (C=O) groups is 1. The maximum Gasteiger partial charge on any atom is 0.253 e. The molecule has 0 aromatic carbocycles. The second-order valence-corrected chi connectivity index (χ2v) is 3.14. The Morgan fingerprint density at radius 1 is 1.00 bits per heavy atom. The van der Waals surface area contributed by atoms with Gasteiger partial charge in [-0.3, -0.25) is 4.79 Å². The van der Waals surface area contributed by atoms with Gasteiger partial charge in [-0.25, -0.2) is 0 Å². The fourth-order valence-corrected chi connectivity index (χ4v) is 1.55. The van der Waals surface area contributed by atoms with Gasteiger partial charge in [0, 0.05) is 5.56 Å². The van der Waals surface area contributed by atoms with Gasteiger partial charge in [-0.15, -0.1) is 0 Å². The van der Waals surface area contributed by atoms with Gasteiger partial charge in [0.2, 0.25) is 0 Å². The molecule has 0 spiro atoms. The highest BCUT2D eigenvalue weighted by molar-refractivity contribution is 6.68. The molecule has 0 aromatic heterocycles. The first-order chi connectivity index (χ1) is 6.29. The SMILES string of the molecule is O=C(Cl)c1ccc2cccccc1-2. The van der Waals surface area contributed by atoms with Crippen LogP contribution in [0.25, 0.3) is 11.1 Å². The lowest BCUT2D eigenvalue weighted by atomic mass is 10.1. The van der Waals surface area contributed by atoms with Crippen LogP contribution in [0.3, 0.4) is 0 Å². The van der Waals surface area contributed by atoms with Gasteiger partial charge >= 0.3 is 0 Å². The first-order valence-corrected chi connectivity index (χ1v) is 4.34. The molecule has 1 nitrogen and oxygen atoms in total. The van der Waals surface area contributed by atoms with Gasteiger partial charge in [-0.1, -0.05) is 36.4 Å². The largest absolute Gasteiger partial charge is 0.276 e. The molecule has 0 heterocycles. The summed E-state index contributed by atoms with van der Waals surface area (Å²) in [6, 6.07) is 13.2. The molecule has 0 aromatic rings. The highest BCUT2D eigenvalue weighted by Crippen LogP contribution is 2.27. The number of fused-ring (bicyclic) bond motifs is 1. The molecule has 0 saturated carbocycles. The Hall–Kier alpha value is -1.34. The average Bonchev–Trinajstić information content (AvgIpc) is 2.36. The van der Waals surface area contributed by atoms with E-state index in [1.165, 1.54) is 0 Å². The van der Waals surface area contributed by atoms with Gasteiger partial charge in [0.1, 0.15) is 0 Å². The van der Waals surface area contributed by atoms with Crippen LogP contribution < -0.4 is 0 Å². The van der Waals surface area contributed by atoms with E-state index in [-0.39, 0.29) is 0 Å². The van der Waals surface area contributed by atoms with E-state index in [0.29, 0.717) is 5.56 Å². The molecular formula is C11H7ClO. The van der Waals surface area contributed by atoms with Gasteiger partial charge in [-0.05, 0) is 28.8 Å². The van der Waals surface area contributed by atoms with Crippen LogP contribution in [0.2, 0.25) is 0 Å². The second-order valence-electron chi connectivity index (χ2n) is 2.80. The lowest BCUT2D eigenvalue weighted by Crippen LogP contribution is -1.85. The van der Waals surface area contributed by atoms with Crippen molar-refractivity contribution in [2.24, 2.45) is 0 Å². The minimum Gasteiger partial charge on any atom is -0.276 e. The molecule has 0 amide bonds. The summed E-state index contributed by atoms with van der Waals surface area (Å²) in [5.74, 6) is 0. The van der Waals surface area contributed by atoms with Crippen molar-refractivity contribution in [3.8, 4) is 11.1 Å². The Kier molecular flexibility index (Phi) is 2.03. The number of halogens is 1. The van der Waals surface area contributed by atoms with Crippen LogP contribution in [0.15, 0.2) is 42.5 Å². The molecule has 64 valence electrons. The molecule has 13 heavy (non-hydrogen) atoms. The summed E-state index contributed by atoms with van der Waals surface area (Å²) in [4.78, 5) is 11.0. The maximum absolute atomic E-state index is 11.0. The first kappa shape index (κ1) is 8.27. The first-order valence-electron chi connectivity index (χ1n) is 3.96. The maximum atomic E-state index is 11.0. The summed E-state index contributed by atoms with van der Waals surface area (Å²) >= 11 is 5.43. The zero-order chi connectivity index (χ0) is 9.26. The summed E-state index contributed by atoms with van der Waals surface area (Å²) < 4.78 is 0. The molecule has 0 aliphatic heterocycles. The summed E-state index contributed by atoms with van der Waals surface area (Å²) in [6.45, 7) is 0. The summed E-state index contributed by atoms with van der Waals surface area (Å²) in [5, 5.41) is -0.402. The molecule has 2 aliphatic rings. The predicted molar refractivity (Wildman–Crippen MR) is 53.2 cm³/mol. The summed E-state index contributed by atoms with van der Waals surface area (Å²) in [5.41, 5.74) is 2.52. The van der Waals surface area contributed by atoms with Crippen molar-refractivity contribution in [1.82, 2.24) is 0 Å². The van der Waals surface area contributed by atoms with E-state index >= 15 is 0 Å². The van der Waals surface area contributed by atoms with E-state index in [1.54, 1.807) is 6.07 Å². The molecule has 0 radical (unpaired) electrons. The summed E-state index contributed by atoms with van der Waals surface area (Å²) in [6.07, 6.45) is 0. The smallest absolute Gasteiger partial charge is 0.253 e. The number of hydrogen-bond donors (Lipinski definition) is 0. The minimum absolute atomic E-state index is 0.402. The van der Waals surface area contributed by atoms with Gasteiger partial charge in [-0.2, -0.15) is 0 Å². The number of rotatable bonds is 1. The number of hydrogen-bond acceptors (Lipinski definition) is 1. The van der Waals surface area contributed by atoms with Crippen LogP contribution in [0.4, 0.5) is 0 Å². The van der Waals surface area contributed by atoms with Gasteiger partial charge in [0.15, 0.2) is 0 Å². The molecule has 0 bridgehead atoms. The summed E-state index contributed by atoms with van der Waals surface area (Å²) in [7, 11) is 0. The quantitative estimate of drug-likeness (QED) is 0.632. The lowest BCUT2D eigenvalue weighted by Gasteiger charge is -1.93. The van der Waals surface area contributed by atoms with E-state index < -0.39 is 5.24 Å². The molecule has 0 saturated heterocycles. The Bertz CT molecular complexity index is 422. The van der Waals surface area contributed by atoms with Gasteiger partial charge in [0.25, 0.3) is 5.24 Å². The van der Waals surface area contributed by atoms with Crippen molar-refractivity contribution in [1.29, 1.82) is 0 Å². The third kappa shape index (κ3) is 1.43. The lowest BCUT2D eigenvalue weighted by molar-refractivity contribution is 0.108. The van der Waals surface area contributed by atoms with Crippen molar-refractivity contribution in [2.75, 3.05) is 0 Å². The normalized spacial score (nSPS) is 10.2. The van der Waals surface area contributed by atoms with Crippen molar-refractivity contribution in [3.63, 3.8) is 0 Å². The molecule has 0 atom stereocenters. The van der Waals surface area contributed by atoms with Crippen molar-refractivity contribution >= 4 is 16.8 Å². The van der Waals surface area contributed by atoms with Crippen LogP contribution in [0.5, 0.6) is 0 Å². The Morgan fingerprint density at radius 3 is 2.54 bits per heavy atom. The van der Waals surface area contributed by atoms with E-state index in [4.69, 9.17) is 11.6 Å². The van der Waals surface area contributed by atoms with Crippen LogP contribution in [-0.4, -0.2) is 5.24 Å². The predicted octanol–water partition coefficient (Wildman–Crippen LogP) is 3.17. The van der Waals surface area contributed by atoms with Crippen LogP contribution in [0, 0.1) is 0 Å². The Morgan fingerprint density at radius 2 is 1.77 bits per heavy atom. The van der Waals surface area contributed by atoms with Crippen molar-refractivity contribution < 1.29 is 4.79 Å². The van der Waals surface area contributed by atoms with E-state index in [2.05, 4.69) is 0 Å². The topological polar surface area (TPSA) is 17.1 Å². The zero-order valence-corrected chi connectivity index (χ0v) is 7.58. The Balaban J connectivity index is 2.68. The van der Waals surface area contributed by atoms with Crippen LogP contribution >= 0.6 is 11.6 Å². The minimum atomic E-state index is -0.402. The highest BCUT2D eigenvalue weighted by atomic mass is 35.5. The van der Waals surface area contributed by atoms with Crippen LogP contribution in [0.1, 0.15) is 10.4 Å². The molecular weight excluding hydrogens is 184 g/mol. The fraction of sp³-hybridized carbons (Fsp3) is 0. The molecule has 0 unspecified atom stereocenters. The van der Waals surface area contributed by atoms with E-state index in [1.807, 2.05) is 36.4 Å². The van der Waals surface area contributed by atoms with Crippen LogP contribution in [-0.2, 0) is 0 Å². The van der Waals surface area contributed by atoms with Gasteiger partial charge in [0.05, 0.1) is 0 Å². The Labute approximate surface area is 81.3 Å². The molecule has 0 N–H and O–H groups in total. The van der Waals surface area contributed by atoms with E-state index in [0.717, 1.165) is 11.1 Å². The fourth-order valence-electron chi connectivity index (χ4n) is 1.39. The molecule has 2 rings (SSSR count). The second kappa shape index (κ2) is 3.19. The standard InChI is InChI=1S/C11H7ClO/c12-11(13)10-7-6-8-4-2-1-3-5-9(8)10/h1-7H. The number of carbonyl (C=O) groups excluding carboxylic acids is 1. The zero-order valence-electron chi connectivity index (χ0n) is 6.83. The average molecular weight is 191 g/mol. The van der Waals surface area contributed by atoms with E-state index in [9.17, 15) is 4.79 Å².